The second-order valence-corrected chi connectivity index (χ2v) is 3.56. The Balaban J connectivity index is 4.10. The Kier molecular flexibility index (Phi) is 6.92. The summed E-state index contributed by atoms with van der Waals surface area (Å²) in [4.78, 5) is 8.30. The third kappa shape index (κ3) is 8.99. The van der Waals surface area contributed by atoms with Gasteiger partial charge in [-0.2, -0.15) is 0 Å². The Morgan fingerprint density at radius 1 is 0.812 bits per heavy atom. The minimum Gasteiger partial charge on any atom is -0.876 e. The average molecular weight is 222 g/mol. The van der Waals surface area contributed by atoms with Crippen LogP contribution in [0.15, 0.2) is 33.7 Å². The summed E-state index contributed by atoms with van der Waals surface area (Å²) in [7, 11) is 0. The van der Waals surface area contributed by atoms with Crippen LogP contribution in [0.4, 0.5) is 0 Å². The first-order valence-corrected chi connectivity index (χ1v) is 5.14. The van der Waals surface area contributed by atoms with Crippen LogP contribution in [0.25, 0.3) is 0 Å². The number of hydrogen-bond acceptors (Lipinski definition) is 4. The summed E-state index contributed by atoms with van der Waals surface area (Å²) in [6, 6.07) is 0. The van der Waals surface area contributed by atoms with Crippen molar-refractivity contribution in [2.45, 2.75) is 27.7 Å². The highest BCUT2D eigenvalue weighted by Gasteiger charge is 1.85. The molecule has 16 heavy (non-hydrogen) atoms. The maximum atomic E-state index is 10.7. The number of hydrogen-bond donors (Lipinski definition) is 0. The molecule has 0 radical (unpaired) electrons. The highest BCUT2D eigenvalue weighted by molar-refractivity contribution is 5.93. The van der Waals surface area contributed by atoms with Crippen molar-refractivity contribution in [3.8, 4) is 0 Å². The molecule has 0 atom stereocenters. The second-order valence-electron chi connectivity index (χ2n) is 3.56. The van der Waals surface area contributed by atoms with E-state index in [-0.39, 0.29) is 11.5 Å². The zero-order valence-electron chi connectivity index (χ0n) is 10.3. The summed E-state index contributed by atoms with van der Waals surface area (Å²) in [5, 5.41) is 21.4. The van der Waals surface area contributed by atoms with E-state index in [1.165, 1.54) is 26.0 Å². The topological polar surface area (TPSA) is 70.8 Å². The van der Waals surface area contributed by atoms with Gasteiger partial charge in [-0.05, 0) is 13.8 Å². The lowest BCUT2D eigenvalue weighted by molar-refractivity contribution is -0.302. The van der Waals surface area contributed by atoms with Gasteiger partial charge >= 0.3 is 0 Å². The number of rotatable bonds is 5. The lowest BCUT2D eigenvalue weighted by Gasteiger charge is -2.03. The molecule has 0 aromatic carbocycles. The molecule has 0 bridgehead atoms. The van der Waals surface area contributed by atoms with E-state index in [4.69, 9.17) is 0 Å². The predicted molar refractivity (Wildman–Crippen MR) is 63.5 cm³/mol. The van der Waals surface area contributed by atoms with E-state index in [9.17, 15) is 10.2 Å². The van der Waals surface area contributed by atoms with E-state index in [2.05, 4.69) is 9.98 Å². The van der Waals surface area contributed by atoms with Gasteiger partial charge in [0.25, 0.3) is 0 Å². The lowest BCUT2D eigenvalue weighted by atomic mass is 10.3. The molecular weight excluding hydrogens is 204 g/mol. The van der Waals surface area contributed by atoms with Crippen molar-refractivity contribution < 1.29 is 10.2 Å². The van der Waals surface area contributed by atoms with E-state index < -0.39 is 0 Å². The molecule has 0 aliphatic heterocycles. The molecule has 0 N–H and O–H groups in total. The van der Waals surface area contributed by atoms with Crippen molar-refractivity contribution in [2.75, 3.05) is 13.1 Å². The first-order valence-electron chi connectivity index (χ1n) is 5.14. The molecule has 0 spiro atoms. The van der Waals surface area contributed by atoms with E-state index >= 15 is 0 Å². The fourth-order valence-corrected chi connectivity index (χ4v) is 1.13. The van der Waals surface area contributed by atoms with Gasteiger partial charge in [-0.25, -0.2) is 0 Å². The van der Waals surface area contributed by atoms with Crippen LogP contribution in [-0.4, -0.2) is 24.5 Å². The average Bonchev–Trinajstić information content (AvgIpc) is 2.10. The normalized spacial score (nSPS) is 15.5. The largest absolute Gasteiger partial charge is 0.876 e. The molecule has 0 aromatic heterocycles. The molecule has 0 aliphatic carbocycles. The van der Waals surface area contributed by atoms with Crippen molar-refractivity contribution in [3.63, 3.8) is 0 Å². The Labute approximate surface area is 96.8 Å². The summed E-state index contributed by atoms with van der Waals surface area (Å²) in [6.45, 7) is 7.59. The summed E-state index contributed by atoms with van der Waals surface area (Å²) in [6.07, 6.45) is 2.97. The quantitative estimate of drug-likeness (QED) is 0.384. The molecular formula is C12H18N2O2-2. The van der Waals surface area contributed by atoms with Crippen LogP contribution in [0.2, 0.25) is 0 Å². The van der Waals surface area contributed by atoms with Gasteiger partial charge in [-0.15, -0.1) is 11.5 Å². The first kappa shape index (κ1) is 14.4. The fourth-order valence-electron chi connectivity index (χ4n) is 1.13. The van der Waals surface area contributed by atoms with E-state index in [1.807, 2.05) is 0 Å². The highest BCUT2D eigenvalue weighted by Crippen LogP contribution is 1.88. The molecule has 0 fully saturated rings. The van der Waals surface area contributed by atoms with Gasteiger partial charge in [0, 0.05) is 11.4 Å². The zero-order valence-corrected chi connectivity index (χ0v) is 10.3. The van der Waals surface area contributed by atoms with Crippen LogP contribution in [-0.2, 0) is 0 Å². The van der Waals surface area contributed by atoms with Crippen LogP contribution in [0, 0.1) is 0 Å². The molecule has 90 valence electrons. The summed E-state index contributed by atoms with van der Waals surface area (Å²) in [5.41, 5.74) is 1.41. The Hall–Kier alpha value is -1.58. The number of nitrogens with zero attached hydrogens (tertiary/aromatic N) is 2. The third-order valence-electron chi connectivity index (χ3n) is 1.65. The number of aliphatic imine (C=N–C) groups is 2. The monoisotopic (exact) mass is 222 g/mol. The number of allylic oxidation sites excluding steroid dienone is 4. The van der Waals surface area contributed by atoms with Crippen molar-refractivity contribution in [1.29, 1.82) is 0 Å². The maximum Gasteiger partial charge on any atom is 0.0588 e. The van der Waals surface area contributed by atoms with Gasteiger partial charge in [0.15, 0.2) is 0 Å². The first-order chi connectivity index (χ1) is 7.41. The Bertz CT molecular complexity index is 297. The minimum absolute atomic E-state index is 0.00848. The zero-order chi connectivity index (χ0) is 12.6. The standard InChI is InChI=1S/C12H20N2O2/c1-9(7-11(3)15)13-5-6-14-10(2)8-12(4)16/h7-8,15-16H,5-6H2,1-4H3/p-2/b11-7-,12-8-,13-9?,14-10?. The van der Waals surface area contributed by atoms with Crippen molar-refractivity contribution >= 4 is 11.4 Å². The van der Waals surface area contributed by atoms with Crippen molar-refractivity contribution in [3.05, 3.63) is 23.7 Å². The summed E-state index contributed by atoms with van der Waals surface area (Å²) in [5.74, 6) is -0.0170. The summed E-state index contributed by atoms with van der Waals surface area (Å²) >= 11 is 0. The highest BCUT2D eigenvalue weighted by atomic mass is 16.3. The van der Waals surface area contributed by atoms with E-state index in [0.29, 0.717) is 24.5 Å². The summed E-state index contributed by atoms with van der Waals surface area (Å²) < 4.78 is 0. The van der Waals surface area contributed by atoms with E-state index in [0.717, 1.165) is 0 Å². The molecule has 0 amide bonds. The lowest BCUT2D eigenvalue weighted by Crippen LogP contribution is -2.03. The van der Waals surface area contributed by atoms with Crippen LogP contribution in [0.1, 0.15) is 27.7 Å². The minimum atomic E-state index is -0.00848. The second kappa shape index (κ2) is 7.68. The van der Waals surface area contributed by atoms with Crippen LogP contribution < -0.4 is 10.2 Å². The Morgan fingerprint density at radius 3 is 1.38 bits per heavy atom. The van der Waals surface area contributed by atoms with Crippen LogP contribution >= 0.6 is 0 Å². The molecule has 0 aromatic rings. The maximum absolute atomic E-state index is 10.7. The third-order valence-corrected chi connectivity index (χ3v) is 1.65. The molecule has 0 saturated heterocycles. The molecule has 0 heterocycles. The fraction of sp³-hybridized carbons (Fsp3) is 0.500. The van der Waals surface area contributed by atoms with Crippen molar-refractivity contribution in [1.82, 2.24) is 0 Å². The van der Waals surface area contributed by atoms with Crippen molar-refractivity contribution in [2.24, 2.45) is 9.98 Å². The van der Waals surface area contributed by atoms with Crippen LogP contribution in [0.3, 0.4) is 0 Å². The van der Waals surface area contributed by atoms with Gasteiger partial charge < -0.3 is 10.2 Å². The van der Waals surface area contributed by atoms with Gasteiger partial charge in [0.2, 0.25) is 0 Å². The van der Waals surface area contributed by atoms with Gasteiger partial charge in [-0.3, -0.25) is 9.98 Å². The Morgan fingerprint density at radius 2 is 1.12 bits per heavy atom. The van der Waals surface area contributed by atoms with Gasteiger partial charge in [-0.1, -0.05) is 26.0 Å². The van der Waals surface area contributed by atoms with Gasteiger partial charge in [0.1, 0.15) is 0 Å². The predicted octanol–water partition coefficient (Wildman–Crippen LogP) is 0.436. The molecule has 0 rings (SSSR count). The van der Waals surface area contributed by atoms with Gasteiger partial charge in [0.05, 0.1) is 13.1 Å². The smallest absolute Gasteiger partial charge is 0.0588 e. The molecule has 0 aliphatic rings. The van der Waals surface area contributed by atoms with E-state index in [1.54, 1.807) is 13.8 Å². The molecule has 0 saturated carbocycles. The van der Waals surface area contributed by atoms with Crippen LogP contribution in [0.5, 0.6) is 0 Å². The molecule has 0 unspecified atom stereocenters. The molecule has 4 heteroatoms. The molecule has 4 nitrogen and oxygen atoms in total. The SMILES string of the molecule is CC(/C=C(/C)[O-])=NCCN=C(C)/C=C(/C)[O-].